The van der Waals surface area contributed by atoms with E-state index in [4.69, 9.17) is 9.84 Å². The number of carbonyl (C=O) groups is 1. The number of aromatic nitrogens is 1. The molecule has 0 saturated heterocycles. The Morgan fingerprint density at radius 2 is 1.92 bits per heavy atom. The molecular formula is C21H21NO3. The van der Waals surface area contributed by atoms with Crippen molar-refractivity contribution < 1.29 is 14.6 Å². The number of aryl methyl sites for hydroxylation is 1. The lowest BCUT2D eigenvalue weighted by Gasteiger charge is -2.10. The predicted octanol–water partition coefficient (Wildman–Crippen LogP) is 4.61. The SMILES string of the molecule is O=C(O)CCCCc1cccc(OCc2ccnc3ccccc23)c1. The molecule has 1 aromatic heterocycles. The maximum atomic E-state index is 10.6. The number of rotatable bonds is 8. The van der Waals surface area contributed by atoms with Crippen molar-refractivity contribution in [2.24, 2.45) is 0 Å². The molecular weight excluding hydrogens is 314 g/mol. The van der Waals surface area contributed by atoms with Crippen LogP contribution >= 0.6 is 0 Å². The van der Waals surface area contributed by atoms with Crippen LogP contribution in [0.15, 0.2) is 60.8 Å². The van der Waals surface area contributed by atoms with Gasteiger partial charge >= 0.3 is 5.97 Å². The van der Waals surface area contributed by atoms with E-state index >= 15 is 0 Å². The smallest absolute Gasteiger partial charge is 0.303 e. The number of nitrogens with zero attached hydrogens (tertiary/aromatic N) is 1. The Kier molecular flexibility index (Phi) is 5.62. The van der Waals surface area contributed by atoms with Crippen LogP contribution in [0.4, 0.5) is 0 Å². The van der Waals surface area contributed by atoms with Crippen molar-refractivity contribution >= 4 is 16.9 Å². The molecule has 0 radical (unpaired) electrons. The number of hydrogen-bond acceptors (Lipinski definition) is 3. The van der Waals surface area contributed by atoms with Gasteiger partial charge in [-0.25, -0.2) is 0 Å². The quantitative estimate of drug-likeness (QED) is 0.611. The maximum Gasteiger partial charge on any atom is 0.303 e. The Hall–Kier alpha value is -2.88. The Morgan fingerprint density at radius 1 is 1.04 bits per heavy atom. The number of pyridine rings is 1. The van der Waals surface area contributed by atoms with Crippen LogP contribution in [-0.4, -0.2) is 16.1 Å². The molecule has 0 aliphatic carbocycles. The van der Waals surface area contributed by atoms with Crippen LogP contribution in [0.1, 0.15) is 30.4 Å². The van der Waals surface area contributed by atoms with Crippen LogP contribution in [0.25, 0.3) is 10.9 Å². The van der Waals surface area contributed by atoms with Gasteiger partial charge in [0.15, 0.2) is 0 Å². The number of para-hydroxylation sites is 1. The maximum absolute atomic E-state index is 10.6. The molecule has 4 nitrogen and oxygen atoms in total. The molecule has 0 aliphatic heterocycles. The molecule has 0 spiro atoms. The number of aliphatic carboxylic acids is 1. The number of carboxylic acids is 1. The van der Waals surface area contributed by atoms with Crippen molar-refractivity contribution in [3.8, 4) is 5.75 Å². The van der Waals surface area contributed by atoms with E-state index in [1.807, 2.05) is 42.5 Å². The van der Waals surface area contributed by atoms with E-state index < -0.39 is 5.97 Å². The van der Waals surface area contributed by atoms with E-state index in [1.165, 1.54) is 5.56 Å². The molecule has 3 rings (SSSR count). The molecule has 0 amide bonds. The number of hydrogen-bond donors (Lipinski definition) is 1. The standard InChI is InChI=1S/C21H21NO3/c23-21(24)11-4-1-6-16-7-5-8-18(14-16)25-15-17-12-13-22-20-10-3-2-9-19(17)20/h2-3,5,7-10,12-14H,1,4,6,11,15H2,(H,23,24). The summed E-state index contributed by atoms with van der Waals surface area (Å²) in [5, 5.41) is 9.79. The number of benzene rings is 2. The fourth-order valence-electron chi connectivity index (χ4n) is 2.84. The lowest BCUT2D eigenvalue weighted by Crippen LogP contribution is -1.98. The molecule has 25 heavy (non-hydrogen) atoms. The van der Waals surface area contributed by atoms with Gasteiger partial charge in [0.2, 0.25) is 0 Å². The van der Waals surface area contributed by atoms with E-state index in [0.717, 1.165) is 35.1 Å². The Balaban J connectivity index is 1.61. The summed E-state index contributed by atoms with van der Waals surface area (Å²) in [5.41, 5.74) is 3.25. The highest BCUT2D eigenvalue weighted by Gasteiger charge is 2.04. The average Bonchev–Trinajstić information content (AvgIpc) is 2.64. The van der Waals surface area contributed by atoms with Crippen LogP contribution in [0.5, 0.6) is 5.75 Å². The molecule has 1 heterocycles. The van der Waals surface area contributed by atoms with Crippen LogP contribution in [-0.2, 0) is 17.8 Å². The first-order chi connectivity index (χ1) is 12.2. The molecule has 0 fully saturated rings. The van der Waals surface area contributed by atoms with Gasteiger partial charge in [-0.15, -0.1) is 0 Å². The van der Waals surface area contributed by atoms with E-state index in [2.05, 4.69) is 17.1 Å². The average molecular weight is 335 g/mol. The first-order valence-corrected chi connectivity index (χ1v) is 8.48. The third kappa shape index (κ3) is 4.80. The molecule has 0 unspecified atom stereocenters. The van der Waals surface area contributed by atoms with E-state index in [9.17, 15) is 4.79 Å². The lowest BCUT2D eigenvalue weighted by molar-refractivity contribution is -0.137. The zero-order valence-corrected chi connectivity index (χ0v) is 14.0. The molecule has 128 valence electrons. The highest BCUT2D eigenvalue weighted by Crippen LogP contribution is 2.20. The molecule has 4 heteroatoms. The normalized spacial score (nSPS) is 10.7. The molecule has 3 aromatic rings. The summed E-state index contributed by atoms with van der Waals surface area (Å²) in [6, 6.07) is 18.0. The van der Waals surface area contributed by atoms with Crippen molar-refractivity contribution in [3.05, 3.63) is 71.9 Å². The number of unbranched alkanes of at least 4 members (excludes halogenated alkanes) is 1. The van der Waals surface area contributed by atoms with Crippen molar-refractivity contribution in [2.75, 3.05) is 0 Å². The first kappa shape index (κ1) is 17.0. The second-order valence-electron chi connectivity index (χ2n) is 6.02. The molecule has 2 aromatic carbocycles. The van der Waals surface area contributed by atoms with Gasteiger partial charge in [-0.1, -0.05) is 30.3 Å². The van der Waals surface area contributed by atoms with E-state index in [-0.39, 0.29) is 6.42 Å². The van der Waals surface area contributed by atoms with Gasteiger partial charge in [0, 0.05) is 23.6 Å². The minimum absolute atomic E-state index is 0.227. The predicted molar refractivity (Wildman–Crippen MR) is 97.7 cm³/mol. The minimum atomic E-state index is -0.735. The zero-order chi connectivity index (χ0) is 17.5. The fraction of sp³-hybridized carbons (Fsp3) is 0.238. The molecule has 0 atom stereocenters. The van der Waals surface area contributed by atoms with Crippen LogP contribution in [0, 0.1) is 0 Å². The van der Waals surface area contributed by atoms with Crippen LogP contribution in [0.2, 0.25) is 0 Å². The summed E-state index contributed by atoms with van der Waals surface area (Å²) in [6.07, 6.45) is 4.46. The van der Waals surface area contributed by atoms with Crippen molar-refractivity contribution in [3.63, 3.8) is 0 Å². The third-order valence-electron chi connectivity index (χ3n) is 4.14. The largest absolute Gasteiger partial charge is 0.489 e. The second kappa shape index (κ2) is 8.29. The van der Waals surface area contributed by atoms with E-state index in [1.54, 1.807) is 6.20 Å². The zero-order valence-electron chi connectivity index (χ0n) is 14.0. The van der Waals surface area contributed by atoms with Gasteiger partial charge in [-0.2, -0.15) is 0 Å². The second-order valence-corrected chi connectivity index (χ2v) is 6.02. The summed E-state index contributed by atoms with van der Waals surface area (Å²) >= 11 is 0. The topological polar surface area (TPSA) is 59.4 Å². The Morgan fingerprint density at radius 3 is 2.80 bits per heavy atom. The Labute approximate surface area is 147 Å². The van der Waals surface area contributed by atoms with Crippen molar-refractivity contribution in [1.29, 1.82) is 0 Å². The van der Waals surface area contributed by atoms with Gasteiger partial charge < -0.3 is 9.84 Å². The molecule has 1 N–H and O–H groups in total. The van der Waals surface area contributed by atoms with Crippen LogP contribution < -0.4 is 4.74 Å². The highest BCUT2D eigenvalue weighted by molar-refractivity contribution is 5.81. The number of carboxylic acid groups (broad SMARTS) is 1. The summed E-state index contributed by atoms with van der Waals surface area (Å²) < 4.78 is 5.96. The molecule has 0 aliphatic rings. The van der Waals surface area contributed by atoms with Crippen LogP contribution in [0.3, 0.4) is 0 Å². The van der Waals surface area contributed by atoms with Crippen molar-refractivity contribution in [2.45, 2.75) is 32.3 Å². The summed E-state index contributed by atoms with van der Waals surface area (Å²) in [4.78, 5) is 14.9. The first-order valence-electron chi connectivity index (χ1n) is 8.48. The number of ether oxygens (including phenoxy) is 1. The van der Waals surface area contributed by atoms with E-state index in [0.29, 0.717) is 13.0 Å². The van der Waals surface area contributed by atoms with Gasteiger partial charge in [-0.3, -0.25) is 9.78 Å². The minimum Gasteiger partial charge on any atom is -0.489 e. The Bertz CT molecular complexity index is 855. The molecule has 0 bridgehead atoms. The monoisotopic (exact) mass is 335 g/mol. The summed E-state index contributed by atoms with van der Waals surface area (Å²) in [6.45, 7) is 0.492. The van der Waals surface area contributed by atoms with Gasteiger partial charge in [0.1, 0.15) is 12.4 Å². The highest BCUT2D eigenvalue weighted by atomic mass is 16.5. The van der Waals surface area contributed by atoms with Gasteiger partial charge in [0.05, 0.1) is 5.52 Å². The third-order valence-corrected chi connectivity index (χ3v) is 4.14. The number of fused-ring (bicyclic) bond motifs is 1. The van der Waals surface area contributed by atoms with Gasteiger partial charge in [0.25, 0.3) is 0 Å². The molecule has 0 saturated carbocycles. The summed E-state index contributed by atoms with van der Waals surface area (Å²) in [5.74, 6) is 0.0956. The lowest BCUT2D eigenvalue weighted by atomic mass is 10.1. The summed E-state index contributed by atoms with van der Waals surface area (Å²) in [7, 11) is 0. The fourth-order valence-corrected chi connectivity index (χ4v) is 2.84. The van der Waals surface area contributed by atoms with Gasteiger partial charge in [-0.05, 0) is 49.1 Å². The van der Waals surface area contributed by atoms with Crippen molar-refractivity contribution in [1.82, 2.24) is 4.98 Å².